The second-order valence-electron chi connectivity index (χ2n) is 5.34. The smallest absolute Gasteiger partial charge is 0.213 e. The van der Waals surface area contributed by atoms with Gasteiger partial charge in [-0.3, -0.25) is 4.68 Å². The molecular weight excluding hydrogens is 266 g/mol. The Kier molecular flexibility index (Phi) is 3.92. The number of aromatic nitrogens is 3. The van der Waals surface area contributed by atoms with Gasteiger partial charge in [0, 0.05) is 36.3 Å². The molecule has 3 rings (SSSR count). The number of aryl methyl sites for hydroxylation is 2. The van der Waals surface area contributed by atoms with Crippen LogP contribution in [0.5, 0.6) is 5.88 Å². The monoisotopic (exact) mass is 287 g/mol. The maximum absolute atomic E-state index is 6.00. The Morgan fingerprint density at radius 1 is 1.43 bits per heavy atom. The fourth-order valence-electron chi connectivity index (χ4n) is 3.06. The largest absolute Gasteiger partial charge is 0.478 e. The summed E-state index contributed by atoms with van der Waals surface area (Å²) in [5.74, 6) is 0.685. The predicted molar refractivity (Wildman–Crippen MR) is 79.5 cm³/mol. The van der Waals surface area contributed by atoms with Crippen molar-refractivity contribution in [2.45, 2.75) is 39.3 Å². The third kappa shape index (κ3) is 2.65. The molecule has 2 aromatic heterocycles. The Balaban J connectivity index is 1.96. The van der Waals surface area contributed by atoms with Crippen LogP contribution in [-0.4, -0.2) is 28.0 Å². The zero-order valence-electron chi connectivity index (χ0n) is 12.7. The molecule has 21 heavy (non-hydrogen) atoms. The Labute approximate surface area is 124 Å². The molecule has 0 aromatic carbocycles. The van der Waals surface area contributed by atoms with E-state index in [1.807, 2.05) is 43.1 Å². The molecule has 0 amide bonds. The van der Waals surface area contributed by atoms with Crippen molar-refractivity contribution in [3.63, 3.8) is 0 Å². The number of hydrogen-bond acceptors (Lipinski definition) is 4. The van der Waals surface area contributed by atoms with Crippen LogP contribution in [0.3, 0.4) is 0 Å². The minimum Gasteiger partial charge on any atom is -0.478 e. The van der Waals surface area contributed by atoms with Gasteiger partial charge in [0.1, 0.15) is 6.10 Å². The fraction of sp³-hybridized carbons (Fsp3) is 0.500. The lowest BCUT2D eigenvalue weighted by Crippen LogP contribution is -2.16. The normalized spacial score (nSPS) is 21.7. The summed E-state index contributed by atoms with van der Waals surface area (Å²) in [6, 6.07) is 4.18. The summed E-state index contributed by atoms with van der Waals surface area (Å²) in [5.41, 5.74) is 3.30. The van der Waals surface area contributed by atoms with Gasteiger partial charge in [-0.2, -0.15) is 5.10 Å². The molecular formula is C16H21N3O2. The van der Waals surface area contributed by atoms with Gasteiger partial charge in [0.05, 0.1) is 12.6 Å². The van der Waals surface area contributed by atoms with Crippen molar-refractivity contribution < 1.29 is 9.47 Å². The summed E-state index contributed by atoms with van der Waals surface area (Å²) < 4.78 is 13.5. The summed E-state index contributed by atoms with van der Waals surface area (Å²) in [6.45, 7) is 7.46. The average Bonchev–Trinajstić information content (AvgIpc) is 3.08. The quantitative estimate of drug-likeness (QED) is 0.867. The molecule has 0 bridgehead atoms. The summed E-state index contributed by atoms with van der Waals surface area (Å²) in [5, 5.41) is 4.37. The highest BCUT2D eigenvalue weighted by Gasteiger charge is 2.34. The van der Waals surface area contributed by atoms with E-state index in [9.17, 15) is 0 Å². The number of hydrogen-bond donors (Lipinski definition) is 0. The average molecular weight is 287 g/mol. The van der Waals surface area contributed by atoms with Crippen LogP contribution in [-0.2, 0) is 4.74 Å². The van der Waals surface area contributed by atoms with Gasteiger partial charge >= 0.3 is 0 Å². The first-order valence-corrected chi connectivity index (χ1v) is 7.42. The molecule has 0 saturated carbocycles. The first kappa shape index (κ1) is 14.1. The van der Waals surface area contributed by atoms with Gasteiger partial charge in [0.25, 0.3) is 0 Å². The second-order valence-corrected chi connectivity index (χ2v) is 5.34. The third-order valence-electron chi connectivity index (χ3n) is 3.93. The van der Waals surface area contributed by atoms with E-state index in [0.29, 0.717) is 12.5 Å². The maximum Gasteiger partial charge on any atom is 0.213 e. The molecule has 0 unspecified atom stereocenters. The zero-order valence-corrected chi connectivity index (χ0v) is 12.7. The molecule has 0 N–H and O–H groups in total. The van der Waals surface area contributed by atoms with E-state index in [1.54, 1.807) is 0 Å². The van der Waals surface area contributed by atoms with E-state index < -0.39 is 0 Å². The minimum absolute atomic E-state index is 0.00748. The number of nitrogens with zero attached hydrogens (tertiary/aromatic N) is 3. The van der Waals surface area contributed by atoms with Crippen molar-refractivity contribution in [2.75, 3.05) is 13.2 Å². The zero-order chi connectivity index (χ0) is 14.8. The summed E-state index contributed by atoms with van der Waals surface area (Å²) >= 11 is 0. The molecule has 3 heterocycles. The van der Waals surface area contributed by atoms with Crippen molar-refractivity contribution in [1.29, 1.82) is 0 Å². The highest BCUT2D eigenvalue weighted by Crippen LogP contribution is 2.40. The standard InChI is InChI=1S/C16H21N3O2/c1-4-20-14-10-11(2)15(12(3)18-14)16-13(6-9-21-16)19-8-5-7-17-19/h5,7-8,10,13,16H,4,6,9H2,1-3H3/t13-,16+/m0/s1. The molecule has 1 fully saturated rings. The molecule has 0 radical (unpaired) electrons. The number of ether oxygens (including phenoxy) is 2. The van der Waals surface area contributed by atoms with Gasteiger partial charge in [-0.1, -0.05) is 0 Å². The Bertz CT molecular complexity index is 587. The lowest BCUT2D eigenvalue weighted by Gasteiger charge is -2.23. The van der Waals surface area contributed by atoms with E-state index >= 15 is 0 Å². The van der Waals surface area contributed by atoms with Gasteiger partial charge in [0.2, 0.25) is 5.88 Å². The van der Waals surface area contributed by atoms with Crippen LogP contribution in [0, 0.1) is 13.8 Å². The van der Waals surface area contributed by atoms with Crippen molar-refractivity contribution in [3.05, 3.63) is 41.3 Å². The fourth-order valence-corrected chi connectivity index (χ4v) is 3.06. The topological polar surface area (TPSA) is 49.2 Å². The lowest BCUT2D eigenvalue weighted by molar-refractivity contribution is 0.0888. The van der Waals surface area contributed by atoms with Gasteiger partial charge in [0.15, 0.2) is 0 Å². The minimum atomic E-state index is 0.00748. The van der Waals surface area contributed by atoms with Crippen LogP contribution in [0.1, 0.15) is 42.3 Å². The van der Waals surface area contributed by atoms with Gasteiger partial charge in [-0.15, -0.1) is 0 Å². The second kappa shape index (κ2) is 5.85. The molecule has 1 aliphatic heterocycles. The number of pyridine rings is 1. The first-order chi connectivity index (χ1) is 10.2. The van der Waals surface area contributed by atoms with Crippen LogP contribution < -0.4 is 4.74 Å². The Morgan fingerprint density at radius 2 is 2.29 bits per heavy atom. The van der Waals surface area contributed by atoms with Crippen molar-refractivity contribution in [3.8, 4) is 5.88 Å². The maximum atomic E-state index is 6.00. The van der Waals surface area contributed by atoms with Crippen LogP contribution in [0.2, 0.25) is 0 Å². The van der Waals surface area contributed by atoms with Crippen molar-refractivity contribution >= 4 is 0 Å². The van der Waals surface area contributed by atoms with Crippen molar-refractivity contribution in [2.24, 2.45) is 0 Å². The highest BCUT2D eigenvalue weighted by atomic mass is 16.5. The van der Waals surface area contributed by atoms with Crippen molar-refractivity contribution in [1.82, 2.24) is 14.8 Å². The van der Waals surface area contributed by atoms with Crippen LogP contribution in [0.4, 0.5) is 0 Å². The molecule has 0 aliphatic carbocycles. The predicted octanol–water partition coefficient (Wildman–Crippen LogP) is 3.00. The van der Waals surface area contributed by atoms with Crippen LogP contribution in [0.25, 0.3) is 0 Å². The molecule has 1 saturated heterocycles. The van der Waals surface area contributed by atoms with E-state index in [0.717, 1.165) is 29.8 Å². The van der Waals surface area contributed by atoms with Crippen LogP contribution in [0.15, 0.2) is 24.5 Å². The number of rotatable bonds is 4. The molecule has 1 aliphatic rings. The molecule has 0 spiro atoms. The van der Waals surface area contributed by atoms with E-state index in [1.165, 1.54) is 0 Å². The SMILES string of the molecule is CCOc1cc(C)c([C@@H]2OCC[C@@H]2n2cccn2)c(C)n1. The molecule has 2 atom stereocenters. The Hall–Kier alpha value is -1.88. The molecule has 5 heteroatoms. The lowest BCUT2D eigenvalue weighted by atomic mass is 9.97. The highest BCUT2D eigenvalue weighted by molar-refractivity contribution is 5.36. The molecule has 112 valence electrons. The van der Waals surface area contributed by atoms with Gasteiger partial charge < -0.3 is 9.47 Å². The van der Waals surface area contributed by atoms with E-state index in [4.69, 9.17) is 9.47 Å². The van der Waals surface area contributed by atoms with E-state index in [-0.39, 0.29) is 12.1 Å². The first-order valence-electron chi connectivity index (χ1n) is 7.42. The third-order valence-corrected chi connectivity index (χ3v) is 3.93. The van der Waals surface area contributed by atoms with Gasteiger partial charge in [-0.25, -0.2) is 4.98 Å². The molecule has 5 nitrogen and oxygen atoms in total. The van der Waals surface area contributed by atoms with Crippen LogP contribution >= 0.6 is 0 Å². The van der Waals surface area contributed by atoms with E-state index in [2.05, 4.69) is 17.0 Å². The summed E-state index contributed by atoms with van der Waals surface area (Å²) in [6.07, 6.45) is 4.79. The summed E-state index contributed by atoms with van der Waals surface area (Å²) in [7, 11) is 0. The molecule has 2 aromatic rings. The van der Waals surface area contributed by atoms with Gasteiger partial charge in [-0.05, 0) is 38.8 Å². The summed E-state index contributed by atoms with van der Waals surface area (Å²) in [4.78, 5) is 4.55. The Morgan fingerprint density at radius 3 is 2.95 bits per heavy atom.